The van der Waals surface area contributed by atoms with Crippen molar-refractivity contribution in [1.29, 1.82) is 0 Å². The normalized spacial score (nSPS) is 12.1. The molecule has 0 spiro atoms. The Morgan fingerprint density at radius 2 is 2.00 bits per heavy atom. The number of rotatable bonds is 3. The molecule has 0 aliphatic carbocycles. The van der Waals surface area contributed by atoms with Crippen LogP contribution in [0.2, 0.25) is 0 Å². The molecular formula is C7H17NO2Si. The third-order valence-corrected chi connectivity index (χ3v) is 1.82. The summed E-state index contributed by atoms with van der Waals surface area (Å²) in [5, 5.41) is 0. The Morgan fingerprint density at radius 3 is 2.27 bits per heavy atom. The van der Waals surface area contributed by atoms with Crippen molar-refractivity contribution < 1.29 is 9.22 Å². The molecule has 0 aliphatic rings. The first-order valence-electron chi connectivity index (χ1n) is 3.63. The molecule has 11 heavy (non-hydrogen) atoms. The summed E-state index contributed by atoms with van der Waals surface area (Å²) in [7, 11) is 4.38. The summed E-state index contributed by atoms with van der Waals surface area (Å²) in [4.78, 5) is 13.1. The lowest BCUT2D eigenvalue weighted by Gasteiger charge is -2.25. The minimum absolute atomic E-state index is 0.0992. The number of hydrogen-bond donors (Lipinski definition) is 0. The van der Waals surface area contributed by atoms with E-state index in [2.05, 4.69) is 0 Å². The van der Waals surface area contributed by atoms with Crippen LogP contribution in [0.4, 0.5) is 0 Å². The monoisotopic (exact) mass is 175 g/mol. The second-order valence-electron chi connectivity index (χ2n) is 3.61. The average Bonchev–Trinajstić information content (AvgIpc) is 1.83. The second kappa shape index (κ2) is 3.87. The quantitative estimate of drug-likeness (QED) is 0.536. The van der Waals surface area contributed by atoms with E-state index in [4.69, 9.17) is 4.43 Å². The van der Waals surface area contributed by atoms with Gasteiger partial charge in [-0.3, -0.25) is 4.79 Å². The summed E-state index contributed by atoms with van der Waals surface area (Å²) in [5.41, 5.74) is -0.370. The van der Waals surface area contributed by atoms with E-state index in [1.807, 2.05) is 32.8 Å². The minimum atomic E-state index is -0.370. The Kier molecular flexibility index (Phi) is 3.75. The SMILES string of the molecule is CN(C)CC(C)(C)C(=O)O[SiH3]. The van der Waals surface area contributed by atoms with Gasteiger partial charge in [-0.05, 0) is 27.9 Å². The zero-order valence-corrected chi connectivity index (χ0v) is 9.97. The van der Waals surface area contributed by atoms with Crippen molar-refractivity contribution in [2.75, 3.05) is 20.6 Å². The highest BCUT2D eigenvalue weighted by Gasteiger charge is 2.28. The Morgan fingerprint density at radius 1 is 1.55 bits per heavy atom. The number of carbonyl (C=O) groups excluding carboxylic acids is 1. The smallest absolute Gasteiger partial charge is 0.298 e. The molecule has 0 aromatic carbocycles. The van der Waals surface area contributed by atoms with Crippen molar-refractivity contribution in [3.8, 4) is 0 Å². The lowest BCUT2D eigenvalue weighted by molar-refractivity contribution is -0.144. The molecule has 0 atom stereocenters. The third-order valence-electron chi connectivity index (χ3n) is 1.45. The van der Waals surface area contributed by atoms with Crippen molar-refractivity contribution in [2.45, 2.75) is 13.8 Å². The molecule has 0 rings (SSSR count). The fourth-order valence-electron chi connectivity index (χ4n) is 1.13. The zero-order valence-electron chi connectivity index (χ0n) is 7.97. The Bertz CT molecular complexity index is 145. The molecule has 4 heteroatoms. The summed E-state index contributed by atoms with van der Waals surface area (Å²) in [6.07, 6.45) is 0. The van der Waals surface area contributed by atoms with Crippen LogP contribution in [0.1, 0.15) is 13.8 Å². The molecule has 0 aromatic rings. The zero-order chi connectivity index (χ0) is 9.07. The van der Waals surface area contributed by atoms with Gasteiger partial charge in [0.15, 0.2) is 0 Å². The molecule has 0 saturated heterocycles. The van der Waals surface area contributed by atoms with Gasteiger partial charge in [-0.25, -0.2) is 0 Å². The summed E-state index contributed by atoms with van der Waals surface area (Å²) in [5.74, 6) is -0.0992. The molecule has 0 saturated carbocycles. The van der Waals surface area contributed by atoms with E-state index in [9.17, 15) is 4.79 Å². The summed E-state index contributed by atoms with van der Waals surface area (Å²) < 4.78 is 4.79. The van der Waals surface area contributed by atoms with Crippen LogP contribution in [0.25, 0.3) is 0 Å². The Balaban J connectivity index is 4.09. The molecule has 0 amide bonds. The standard InChI is InChI=1S/C7H17NO2Si/c1-7(2,5-8(3)4)6(9)10-11/h5H2,1-4,11H3. The van der Waals surface area contributed by atoms with Gasteiger partial charge < -0.3 is 9.33 Å². The van der Waals surface area contributed by atoms with E-state index in [-0.39, 0.29) is 11.4 Å². The molecule has 0 heterocycles. The maximum atomic E-state index is 11.2. The van der Waals surface area contributed by atoms with Crippen molar-refractivity contribution in [3.63, 3.8) is 0 Å². The molecule has 0 unspecified atom stereocenters. The van der Waals surface area contributed by atoms with E-state index >= 15 is 0 Å². The van der Waals surface area contributed by atoms with Crippen LogP contribution in [0.3, 0.4) is 0 Å². The first kappa shape index (κ1) is 10.6. The first-order chi connectivity index (χ1) is 4.90. The van der Waals surface area contributed by atoms with Crippen LogP contribution < -0.4 is 0 Å². The highest BCUT2D eigenvalue weighted by molar-refractivity contribution is 6.06. The van der Waals surface area contributed by atoms with E-state index in [1.54, 1.807) is 0 Å². The molecule has 0 radical (unpaired) electrons. The molecule has 0 aliphatic heterocycles. The molecule has 0 aromatic heterocycles. The minimum Gasteiger partial charge on any atom is -0.528 e. The van der Waals surface area contributed by atoms with Gasteiger partial charge >= 0.3 is 0 Å². The van der Waals surface area contributed by atoms with Gasteiger partial charge in [-0.2, -0.15) is 0 Å². The molecule has 0 bridgehead atoms. The molecule has 66 valence electrons. The highest BCUT2D eigenvalue weighted by Crippen LogP contribution is 2.16. The van der Waals surface area contributed by atoms with E-state index in [1.165, 1.54) is 0 Å². The van der Waals surface area contributed by atoms with Gasteiger partial charge in [0, 0.05) is 6.54 Å². The van der Waals surface area contributed by atoms with Crippen LogP contribution in [0.15, 0.2) is 0 Å². The fourth-order valence-corrected chi connectivity index (χ4v) is 1.68. The van der Waals surface area contributed by atoms with Crippen LogP contribution in [0.5, 0.6) is 0 Å². The number of hydrogen-bond acceptors (Lipinski definition) is 3. The predicted octanol–water partition coefficient (Wildman–Crippen LogP) is -0.602. The Labute approximate surface area is 71.3 Å². The highest BCUT2D eigenvalue weighted by atomic mass is 28.2. The number of carbonyl (C=O) groups is 1. The molecule has 3 nitrogen and oxygen atoms in total. The number of nitrogens with zero attached hydrogens (tertiary/aromatic N) is 1. The average molecular weight is 175 g/mol. The van der Waals surface area contributed by atoms with Crippen molar-refractivity contribution in [1.82, 2.24) is 4.90 Å². The van der Waals surface area contributed by atoms with Crippen LogP contribution in [0, 0.1) is 5.41 Å². The van der Waals surface area contributed by atoms with Crippen molar-refractivity contribution in [3.05, 3.63) is 0 Å². The van der Waals surface area contributed by atoms with Gasteiger partial charge in [0.05, 0.1) is 5.41 Å². The lowest BCUT2D eigenvalue weighted by atomic mass is 9.93. The van der Waals surface area contributed by atoms with E-state index in [0.717, 1.165) is 6.54 Å². The first-order valence-corrected chi connectivity index (χ1v) is 4.45. The predicted molar refractivity (Wildman–Crippen MR) is 48.4 cm³/mol. The Hall–Kier alpha value is -0.353. The van der Waals surface area contributed by atoms with Crippen LogP contribution in [-0.2, 0) is 9.22 Å². The van der Waals surface area contributed by atoms with Gasteiger partial charge in [0.1, 0.15) is 0 Å². The third kappa shape index (κ3) is 3.53. The lowest BCUT2D eigenvalue weighted by Crippen LogP contribution is -2.36. The maximum absolute atomic E-state index is 11.2. The van der Waals surface area contributed by atoms with E-state index < -0.39 is 0 Å². The summed E-state index contributed by atoms with van der Waals surface area (Å²) in [6, 6.07) is 0. The molecule has 0 fully saturated rings. The fraction of sp³-hybridized carbons (Fsp3) is 0.857. The summed E-state index contributed by atoms with van der Waals surface area (Å²) >= 11 is 0. The van der Waals surface area contributed by atoms with E-state index in [0.29, 0.717) is 10.5 Å². The van der Waals surface area contributed by atoms with Crippen molar-refractivity contribution in [2.24, 2.45) is 5.41 Å². The second-order valence-corrected chi connectivity index (χ2v) is 4.02. The van der Waals surface area contributed by atoms with Gasteiger partial charge in [-0.1, -0.05) is 0 Å². The maximum Gasteiger partial charge on any atom is 0.298 e. The molecule has 0 N–H and O–H groups in total. The topological polar surface area (TPSA) is 29.5 Å². The van der Waals surface area contributed by atoms with Gasteiger partial charge in [0.25, 0.3) is 5.97 Å². The van der Waals surface area contributed by atoms with Crippen LogP contribution >= 0.6 is 0 Å². The molecular weight excluding hydrogens is 158 g/mol. The van der Waals surface area contributed by atoms with Gasteiger partial charge in [0.2, 0.25) is 10.5 Å². The van der Waals surface area contributed by atoms with Crippen molar-refractivity contribution >= 4 is 16.5 Å². The largest absolute Gasteiger partial charge is 0.528 e. The van der Waals surface area contributed by atoms with Gasteiger partial charge in [-0.15, -0.1) is 0 Å². The summed E-state index contributed by atoms with van der Waals surface area (Å²) in [6.45, 7) is 4.52. The van der Waals surface area contributed by atoms with Crippen LogP contribution in [-0.4, -0.2) is 42.0 Å².